The molecule has 2 aromatic carbocycles. The van der Waals surface area contributed by atoms with Crippen molar-refractivity contribution in [2.45, 2.75) is 50.9 Å². The van der Waals surface area contributed by atoms with Crippen molar-refractivity contribution in [1.29, 1.82) is 0 Å². The van der Waals surface area contributed by atoms with Crippen LogP contribution in [0, 0.1) is 0 Å². The maximum absolute atomic E-state index is 12.9. The molecule has 0 atom stereocenters. The second kappa shape index (κ2) is 7.99. The van der Waals surface area contributed by atoms with E-state index in [0.717, 1.165) is 36.8 Å². The number of carbonyl (C=O) groups excluding carboxylic acids is 1. The quantitative estimate of drug-likeness (QED) is 0.752. The van der Waals surface area contributed by atoms with Gasteiger partial charge in [-0.3, -0.25) is 4.79 Å². The van der Waals surface area contributed by atoms with Crippen LogP contribution in [0.15, 0.2) is 36.4 Å². The minimum Gasteiger partial charge on any atom is -0.446 e. The van der Waals surface area contributed by atoms with Gasteiger partial charge in [0.15, 0.2) is 0 Å². The number of nitrogens with one attached hydrogen (secondary N) is 1. The van der Waals surface area contributed by atoms with Crippen LogP contribution in [-0.2, 0) is 11.2 Å². The van der Waals surface area contributed by atoms with Gasteiger partial charge in [0.25, 0.3) is 0 Å². The zero-order chi connectivity index (χ0) is 18.8. The van der Waals surface area contributed by atoms with Crippen molar-refractivity contribution in [2.24, 2.45) is 0 Å². The average molecular weight is 406 g/mol. The molecule has 1 aliphatic heterocycles. The van der Waals surface area contributed by atoms with Crippen LogP contribution in [0.25, 0.3) is 0 Å². The summed E-state index contributed by atoms with van der Waals surface area (Å²) in [6.07, 6.45) is 4.98. The Morgan fingerprint density at radius 3 is 2.00 bits per heavy atom. The molecule has 0 radical (unpaired) electrons. The summed E-state index contributed by atoms with van der Waals surface area (Å²) in [5.41, 5.74) is 1.89. The summed E-state index contributed by atoms with van der Waals surface area (Å²) in [5.74, 6) is 0.847. The average Bonchev–Trinajstić information content (AvgIpc) is 2.64. The molecular formula is C21H21Cl2NO3. The Morgan fingerprint density at radius 2 is 1.44 bits per heavy atom. The van der Waals surface area contributed by atoms with Gasteiger partial charge in [0.1, 0.15) is 11.5 Å². The van der Waals surface area contributed by atoms with Gasteiger partial charge in [0.2, 0.25) is 0 Å². The molecule has 1 saturated carbocycles. The summed E-state index contributed by atoms with van der Waals surface area (Å²) in [4.78, 5) is 12.9. The van der Waals surface area contributed by atoms with Gasteiger partial charge in [-0.15, -0.1) is 0 Å². The van der Waals surface area contributed by atoms with Crippen LogP contribution >= 0.6 is 23.2 Å². The molecule has 4 nitrogen and oxygen atoms in total. The van der Waals surface area contributed by atoms with Gasteiger partial charge in [-0.1, -0.05) is 54.6 Å². The zero-order valence-electron chi connectivity index (χ0n) is 14.8. The number of fused-ring (bicyclic) bond motifs is 2. The van der Waals surface area contributed by atoms with Crippen molar-refractivity contribution in [1.82, 2.24) is 5.32 Å². The summed E-state index contributed by atoms with van der Waals surface area (Å²) in [6, 6.07) is 11.1. The Kier molecular flexibility index (Phi) is 5.46. The van der Waals surface area contributed by atoms with Gasteiger partial charge >= 0.3 is 12.2 Å². The molecule has 4 rings (SSSR count). The zero-order valence-corrected chi connectivity index (χ0v) is 16.4. The number of amides is 1. The number of halogens is 2. The van der Waals surface area contributed by atoms with E-state index in [2.05, 4.69) is 5.32 Å². The Balaban J connectivity index is 1.65. The van der Waals surface area contributed by atoms with E-state index in [-0.39, 0.29) is 11.9 Å². The smallest absolute Gasteiger partial charge is 0.321 e. The largest absolute Gasteiger partial charge is 0.446 e. The van der Waals surface area contributed by atoms with Crippen LogP contribution < -0.4 is 14.8 Å². The number of hydrogen-bond donors (Lipinski definition) is 1. The molecule has 0 unspecified atom stereocenters. The number of carbonyl (C=O) groups is 1. The van der Waals surface area contributed by atoms with Crippen LogP contribution in [0.2, 0.25) is 10.0 Å². The standard InChI is InChI=1S/C21H21Cl2NO3/c22-15-8-6-13-10-14-7-9-16(23)12-19(14)27-21(26-18(13)11-15)20(25)24-17-4-2-1-3-5-17/h6-9,11-12,17,21H,1-5,10H2,(H,24,25). The summed E-state index contributed by atoms with van der Waals surface area (Å²) < 4.78 is 11.9. The van der Waals surface area contributed by atoms with E-state index >= 15 is 0 Å². The van der Waals surface area contributed by atoms with Gasteiger partial charge in [-0.2, -0.15) is 0 Å². The molecule has 0 aromatic heterocycles. The lowest BCUT2D eigenvalue weighted by Crippen LogP contribution is -2.47. The lowest BCUT2D eigenvalue weighted by atomic mass is 9.95. The fourth-order valence-corrected chi connectivity index (χ4v) is 3.98. The molecule has 0 bridgehead atoms. The highest BCUT2D eigenvalue weighted by Gasteiger charge is 2.29. The van der Waals surface area contributed by atoms with Gasteiger partial charge in [-0.25, -0.2) is 0 Å². The molecular weight excluding hydrogens is 385 g/mol. The molecule has 0 spiro atoms. The Morgan fingerprint density at radius 1 is 0.889 bits per heavy atom. The van der Waals surface area contributed by atoms with E-state index in [0.29, 0.717) is 28.0 Å². The van der Waals surface area contributed by atoms with E-state index in [1.54, 1.807) is 12.1 Å². The van der Waals surface area contributed by atoms with Crippen molar-refractivity contribution in [2.75, 3.05) is 0 Å². The third-order valence-corrected chi connectivity index (χ3v) is 5.54. The third kappa shape index (κ3) is 4.33. The third-order valence-electron chi connectivity index (χ3n) is 5.07. The normalized spacial score (nSPS) is 17.6. The van der Waals surface area contributed by atoms with Gasteiger partial charge in [-0.05, 0) is 48.2 Å². The molecule has 6 heteroatoms. The number of benzene rings is 2. The van der Waals surface area contributed by atoms with Crippen molar-refractivity contribution in [3.8, 4) is 11.5 Å². The molecule has 142 valence electrons. The summed E-state index contributed by atoms with van der Waals surface area (Å²) in [7, 11) is 0. The Bertz CT molecular complexity index is 796. The Labute approximate surface area is 168 Å². The maximum Gasteiger partial charge on any atom is 0.321 e. The maximum atomic E-state index is 12.9. The van der Waals surface area contributed by atoms with Crippen molar-refractivity contribution in [3.05, 3.63) is 57.6 Å². The van der Waals surface area contributed by atoms with E-state index < -0.39 is 6.29 Å². The molecule has 1 fully saturated rings. The Hall–Kier alpha value is -1.91. The van der Waals surface area contributed by atoms with Crippen molar-refractivity contribution >= 4 is 29.1 Å². The first kappa shape index (κ1) is 18.5. The summed E-state index contributed by atoms with van der Waals surface area (Å²) >= 11 is 12.3. The molecule has 2 aliphatic rings. The van der Waals surface area contributed by atoms with Crippen LogP contribution in [0.5, 0.6) is 11.5 Å². The molecule has 2 aromatic rings. The molecule has 0 saturated heterocycles. The second-order valence-electron chi connectivity index (χ2n) is 7.09. The van der Waals surface area contributed by atoms with E-state index in [1.165, 1.54) is 6.42 Å². The van der Waals surface area contributed by atoms with E-state index in [4.69, 9.17) is 32.7 Å². The van der Waals surface area contributed by atoms with Crippen LogP contribution in [0.3, 0.4) is 0 Å². The van der Waals surface area contributed by atoms with Crippen LogP contribution in [0.4, 0.5) is 0 Å². The lowest BCUT2D eigenvalue weighted by Gasteiger charge is -2.28. The van der Waals surface area contributed by atoms with E-state index in [1.807, 2.05) is 24.3 Å². The first-order chi connectivity index (χ1) is 13.1. The number of ether oxygens (including phenoxy) is 2. The highest BCUT2D eigenvalue weighted by molar-refractivity contribution is 6.31. The fraction of sp³-hybridized carbons (Fsp3) is 0.381. The van der Waals surface area contributed by atoms with Gasteiger partial charge in [0, 0.05) is 22.5 Å². The number of rotatable bonds is 2. The molecule has 1 aliphatic carbocycles. The van der Waals surface area contributed by atoms with Crippen LogP contribution in [0.1, 0.15) is 43.2 Å². The van der Waals surface area contributed by atoms with Gasteiger partial charge in [0.05, 0.1) is 0 Å². The predicted octanol–water partition coefficient (Wildman–Crippen LogP) is 5.13. The first-order valence-corrected chi connectivity index (χ1v) is 10.0. The molecule has 1 amide bonds. The minimum absolute atomic E-state index is 0.168. The van der Waals surface area contributed by atoms with Crippen molar-refractivity contribution in [3.63, 3.8) is 0 Å². The lowest BCUT2D eigenvalue weighted by molar-refractivity contribution is -0.141. The SMILES string of the molecule is O=C(NC1CCCCC1)C1Oc2cc(Cl)ccc2Cc2ccc(Cl)cc2O1. The number of hydrogen-bond acceptors (Lipinski definition) is 3. The van der Waals surface area contributed by atoms with Crippen LogP contribution in [-0.4, -0.2) is 18.2 Å². The minimum atomic E-state index is -1.10. The molecule has 27 heavy (non-hydrogen) atoms. The topological polar surface area (TPSA) is 47.6 Å². The highest BCUT2D eigenvalue weighted by Crippen LogP contribution is 2.34. The van der Waals surface area contributed by atoms with Crippen molar-refractivity contribution < 1.29 is 14.3 Å². The summed E-state index contributed by atoms with van der Waals surface area (Å²) in [5, 5.41) is 4.18. The van der Waals surface area contributed by atoms with Gasteiger partial charge < -0.3 is 14.8 Å². The summed E-state index contributed by atoms with van der Waals surface area (Å²) in [6.45, 7) is 0. The highest BCUT2D eigenvalue weighted by atomic mass is 35.5. The fourth-order valence-electron chi connectivity index (χ4n) is 3.65. The molecule has 1 N–H and O–H groups in total. The molecule has 1 heterocycles. The monoisotopic (exact) mass is 405 g/mol. The first-order valence-electron chi connectivity index (χ1n) is 9.29. The second-order valence-corrected chi connectivity index (χ2v) is 7.96. The predicted molar refractivity (Wildman–Crippen MR) is 106 cm³/mol. The van der Waals surface area contributed by atoms with E-state index in [9.17, 15) is 4.79 Å².